The molecular weight excluding hydrogens is 264 g/mol. The number of thiophene rings is 1. The summed E-state index contributed by atoms with van der Waals surface area (Å²) in [6.45, 7) is 3.10. The maximum Gasteiger partial charge on any atom is 0.307 e. The van der Waals surface area contributed by atoms with E-state index in [1.807, 2.05) is 24.4 Å². The lowest BCUT2D eigenvalue weighted by atomic mass is 10.1. The predicted octanol–water partition coefficient (Wildman–Crippen LogP) is 1.47. The lowest BCUT2D eigenvalue weighted by Gasteiger charge is -2.16. The van der Waals surface area contributed by atoms with E-state index in [-0.39, 0.29) is 30.9 Å². The fraction of sp³-hybridized carbons (Fsp3) is 0.538. The van der Waals surface area contributed by atoms with Crippen LogP contribution in [0.5, 0.6) is 0 Å². The highest BCUT2D eigenvalue weighted by molar-refractivity contribution is 7.10. The first-order chi connectivity index (χ1) is 9.17. The molecule has 1 atom stereocenters. The molecular formula is C13H20N2O3S. The molecule has 2 N–H and O–H groups in total. The van der Waals surface area contributed by atoms with Gasteiger partial charge in [-0.05, 0) is 24.4 Å². The summed E-state index contributed by atoms with van der Waals surface area (Å²) in [5.41, 5.74) is 0. The summed E-state index contributed by atoms with van der Waals surface area (Å²) in [6, 6.07) is 3.48. The number of esters is 1. The molecule has 0 fully saturated rings. The lowest BCUT2D eigenvalue weighted by molar-refractivity contribution is -0.141. The molecule has 0 bridgehead atoms. The van der Waals surface area contributed by atoms with Crippen LogP contribution in [0.1, 0.15) is 30.7 Å². The van der Waals surface area contributed by atoms with Crippen LogP contribution in [0.4, 0.5) is 0 Å². The lowest BCUT2D eigenvalue weighted by Crippen LogP contribution is -2.37. The van der Waals surface area contributed by atoms with Crippen molar-refractivity contribution in [1.29, 1.82) is 0 Å². The van der Waals surface area contributed by atoms with E-state index in [4.69, 9.17) is 0 Å². The smallest absolute Gasteiger partial charge is 0.307 e. The summed E-state index contributed by atoms with van der Waals surface area (Å²) in [5, 5.41) is 7.80. The standard InChI is InChI=1S/C13H20N2O3S/c1-3-6-14-9-12(16)15-10(8-13(17)18-2)11-5-4-7-19-11/h4-5,7,10,14H,3,6,8-9H2,1-2H3,(H,15,16). The van der Waals surface area contributed by atoms with Crippen molar-refractivity contribution in [3.8, 4) is 0 Å². The molecule has 1 rings (SSSR count). The van der Waals surface area contributed by atoms with E-state index >= 15 is 0 Å². The summed E-state index contributed by atoms with van der Waals surface area (Å²) in [7, 11) is 1.35. The number of hydrogen-bond donors (Lipinski definition) is 2. The van der Waals surface area contributed by atoms with Crippen LogP contribution in [0, 0.1) is 0 Å². The van der Waals surface area contributed by atoms with Crippen molar-refractivity contribution < 1.29 is 14.3 Å². The topological polar surface area (TPSA) is 67.4 Å². The number of amides is 1. The Hall–Kier alpha value is -1.40. The van der Waals surface area contributed by atoms with Crippen LogP contribution in [0.3, 0.4) is 0 Å². The summed E-state index contributed by atoms with van der Waals surface area (Å²) in [6.07, 6.45) is 1.13. The molecule has 0 saturated heterocycles. The largest absolute Gasteiger partial charge is 0.469 e. The molecule has 0 aromatic carbocycles. The van der Waals surface area contributed by atoms with Gasteiger partial charge >= 0.3 is 5.97 Å². The van der Waals surface area contributed by atoms with Gasteiger partial charge in [-0.1, -0.05) is 13.0 Å². The van der Waals surface area contributed by atoms with E-state index in [9.17, 15) is 9.59 Å². The van der Waals surface area contributed by atoms with Crippen molar-refractivity contribution in [3.63, 3.8) is 0 Å². The Morgan fingerprint density at radius 2 is 2.26 bits per heavy atom. The second-order valence-corrected chi connectivity index (χ2v) is 5.07. The van der Waals surface area contributed by atoms with Gasteiger partial charge in [0, 0.05) is 4.88 Å². The van der Waals surface area contributed by atoms with Crippen LogP contribution in [0.25, 0.3) is 0 Å². The molecule has 19 heavy (non-hydrogen) atoms. The Kier molecular flexibility index (Phi) is 7.14. The highest BCUT2D eigenvalue weighted by Crippen LogP contribution is 2.22. The van der Waals surface area contributed by atoms with Crippen LogP contribution in [0.2, 0.25) is 0 Å². The Labute approximate surface area is 117 Å². The van der Waals surface area contributed by atoms with E-state index in [1.54, 1.807) is 0 Å². The fourth-order valence-corrected chi connectivity index (χ4v) is 2.36. The average molecular weight is 284 g/mol. The van der Waals surface area contributed by atoms with Crippen molar-refractivity contribution >= 4 is 23.2 Å². The fourth-order valence-electron chi connectivity index (χ4n) is 1.59. The quantitative estimate of drug-likeness (QED) is 0.560. The molecule has 0 radical (unpaired) electrons. The number of carbonyl (C=O) groups is 2. The first-order valence-electron chi connectivity index (χ1n) is 6.27. The minimum atomic E-state index is -0.333. The summed E-state index contributed by atoms with van der Waals surface area (Å²) < 4.78 is 4.66. The van der Waals surface area contributed by atoms with Gasteiger partial charge in [-0.3, -0.25) is 9.59 Å². The molecule has 0 aliphatic heterocycles. The van der Waals surface area contributed by atoms with Crippen molar-refractivity contribution in [2.75, 3.05) is 20.2 Å². The molecule has 0 spiro atoms. The first kappa shape index (κ1) is 15.7. The van der Waals surface area contributed by atoms with Crippen LogP contribution in [-0.2, 0) is 14.3 Å². The molecule has 0 saturated carbocycles. The van der Waals surface area contributed by atoms with E-state index in [2.05, 4.69) is 15.4 Å². The van der Waals surface area contributed by atoms with Crippen molar-refractivity contribution in [1.82, 2.24) is 10.6 Å². The third kappa shape index (κ3) is 5.85. The minimum Gasteiger partial charge on any atom is -0.469 e. The number of carbonyl (C=O) groups excluding carboxylic acids is 2. The average Bonchev–Trinajstić information content (AvgIpc) is 2.92. The molecule has 1 amide bonds. The Balaban J connectivity index is 2.54. The normalized spacial score (nSPS) is 11.9. The maximum absolute atomic E-state index is 11.8. The van der Waals surface area contributed by atoms with E-state index in [0.29, 0.717) is 0 Å². The molecule has 106 valence electrons. The summed E-state index contributed by atoms with van der Waals surface area (Å²) in [5.74, 6) is -0.448. The van der Waals surface area contributed by atoms with Crippen LogP contribution in [0.15, 0.2) is 17.5 Å². The third-order valence-corrected chi connectivity index (χ3v) is 3.52. The molecule has 1 heterocycles. The van der Waals surface area contributed by atoms with Gasteiger partial charge in [-0.25, -0.2) is 0 Å². The van der Waals surface area contributed by atoms with Crippen molar-refractivity contribution in [2.24, 2.45) is 0 Å². The highest BCUT2D eigenvalue weighted by atomic mass is 32.1. The molecule has 1 aromatic heterocycles. The van der Waals surface area contributed by atoms with Gasteiger partial charge in [0.2, 0.25) is 5.91 Å². The SMILES string of the molecule is CCCNCC(=O)NC(CC(=O)OC)c1cccs1. The zero-order chi connectivity index (χ0) is 14.1. The maximum atomic E-state index is 11.8. The zero-order valence-electron chi connectivity index (χ0n) is 11.3. The predicted molar refractivity (Wildman–Crippen MR) is 75.0 cm³/mol. The van der Waals surface area contributed by atoms with Gasteiger partial charge in [0.25, 0.3) is 0 Å². The van der Waals surface area contributed by atoms with Gasteiger partial charge in [0.1, 0.15) is 0 Å². The third-order valence-electron chi connectivity index (χ3n) is 2.53. The Morgan fingerprint density at radius 1 is 1.47 bits per heavy atom. The Morgan fingerprint density at radius 3 is 2.84 bits per heavy atom. The second kappa shape index (κ2) is 8.66. The molecule has 1 unspecified atom stereocenters. The van der Waals surface area contributed by atoms with E-state index in [0.717, 1.165) is 17.8 Å². The van der Waals surface area contributed by atoms with Gasteiger partial charge < -0.3 is 15.4 Å². The van der Waals surface area contributed by atoms with Crippen molar-refractivity contribution in [2.45, 2.75) is 25.8 Å². The van der Waals surface area contributed by atoms with Gasteiger partial charge in [-0.15, -0.1) is 11.3 Å². The van der Waals surface area contributed by atoms with Crippen LogP contribution in [-0.4, -0.2) is 32.1 Å². The molecule has 1 aromatic rings. The molecule has 5 nitrogen and oxygen atoms in total. The number of rotatable bonds is 8. The summed E-state index contributed by atoms with van der Waals surface area (Å²) >= 11 is 1.51. The number of methoxy groups -OCH3 is 1. The molecule has 0 aliphatic rings. The monoisotopic (exact) mass is 284 g/mol. The van der Waals surface area contributed by atoms with E-state index < -0.39 is 0 Å². The van der Waals surface area contributed by atoms with Crippen LogP contribution < -0.4 is 10.6 Å². The van der Waals surface area contributed by atoms with Gasteiger partial charge in [0.15, 0.2) is 0 Å². The minimum absolute atomic E-state index is 0.115. The molecule has 0 aliphatic carbocycles. The van der Waals surface area contributed by atoms with Gasteiger partial charge in [0.05, 0.1) is 26.1 Å². The van der Waals surface area contributed by atoms with Gasteiger partial charge in [-0.2, -0.15) is 0 Å². The first-order valence-corrected chi connectivity index (χ1v) is 7.15. The zero-order valence-corrected chi connectivity index (χ0v) is 12.1. The number of hydrogen-bond acceptors (Lipinski definition) is 5. The van der Waals surface area contributed by atoms with E-state index in [1.165, 1.54) is 18.4 Å². The molecule has 6 heteroatoms. The highest BCUT2D eigenvalue weighted by Gasteiger charge is 2.19. The Bertz CT molecular complexity index is 393. The number of ether oxygens (including phenoxy) is 1. The second-order valence-electron chi connectivity index (χ2n) is 4.09. The summed E-state index contributed by atoms with van der Waals surface area (Å²) in [4.78, 5) is 24.1. The van der Waals surface area contributed by atoms with Crippen molar-refractivity contribution in [3.05, 3.63) is 22.4 Å². The van der Waals surface area contributed by atoms with Crippen LogP contribution >= 0.6 is 11.3 Å². The number of nitrogens with one attached hydrogen (secondary N) is 2.